The van der Waals surface area contributed by atoms with Crippen LogP contribution in [0.2, 0.25) is 0 Å². The Labute approximate surface area is 365 Å². The van der Waals surface area contributed by atoms with E-state index in [4.69, 9.17) is 19.4 Å². The van der Waals surface area contributed by atoms with Crippen LogP contribution in [0.3, 0.4) is 0 Å². The zero-order valence-corrected chi connectivity index (χ0v) is 35.9. The Morgan fingerprint density at radius 3 is 1.56 bits per heavy atom. The largest absolute Gasteiger partial charge is 0.488 e. The molecule has 63 heavy (non-hydrogen) atoms. The lowest BCUT2D eigenvalue weighted by molar-refractivity contribution is -0.129. The van der Waals surface area contributed by atoms with E-state index in [-0.39, 0.29) is 41.8 Å². The number of fused-ring (bicyclic) bond motifs is 2. The van der Waals surface area contributed by atoms with Crippen molar-refractivity contribution in [3.63, 3.8) is 0 Å². The van der Waals surface area contributed by atoms with Crippen LogP contribution in [0.5, 0.6) is 11.5 Å². The highest BCUT2D eigenvalue weighted by Crippen LogP contribution is 2.32. The zero-order chi connectivity index (χ0) is 43.5. The van der Waals surface area contributed by atoms with Gasteiger partial charge in [-0.05, 0) is 62.4 Å². The molecule has 10 rings (SSSR count). The number of carbonyl (C=O) groups is 3. The van der Waals surface area contributed by atoms with E-state index in [1.165, 1.54) is 0 Å². The Morgan fingerprint density at radius 1 is 0.667 bits per heavy atom. The molecule has 4 fully saturated rings. The SMILES string of the molecule is CC(=O)N1CCN(c2ccc(-c3cc(O[C@H](C)[C@H]4CNC(=O)C4)c4ccnn4c3)nc2)CC1.C[C@@H](Oc1cc(-c2ccc(N3CCNCC3)cn2)cn2nccc12)[C@H]1CNC(=O)C1. The van der Waals surface area contributed by atoms with Crippen molar-refractivity contribution in [1.29, 1.82) is 0 Å². The molecule has 4 saturated heterocycles. The molecule has 4 aliphatic rings. The molecule has 0 spiro atoms. The highest BCUT2D eigenvalue weighted by atomic mass is 16.5. The number of pyridine rings is 4. The van der Waals surface area contributed by atoms with Crippen LogP contribution in [-0.4, -0.2) is 129 Å². The lowest BCUT2D eigenvalue weighted by atomic mass is 10.0. The van der Waals surface area contributed by atoms with Crippen LogP contribution in [0.4, 0.5) is 11.4 Å². The van der Waals surface area contributed by atoms with Crippen molar-refractivity contribution in [2.75, 3.05) is 75.2 Å². The lowest BCUT2D eigenvalue weighted by Crippen LogP contribution is -2.48. The molecule has 0 unspecified atom stereocenters. The molecule has 4 aliphatic heterocycles. The van der Waals surface area contributed by atoms with E-state index in [0.717, 1.165) is 109 Å². The first-order valence-electron chi connectivity index (χ1n) is 21.9. The zero-order valence-electron chi connectivity index (χ0n) is 35.9. The normalized spacial score (nSPS) is 20.0. The van der Waals surface area contributed by atoms with Gasteiger partial charge in [-0.3, -0.25) is 24.4 Å². The van der Waals surface area contributed by atoms with Crippen molar-refractivity contribution in [2.24, 2.45) is 11.8 Å². The summed E-state index contributed by atoms with van der Waals surface area (Å²) in [7, 11) is 0. The van der Waals surface area contributed by atoms with Gasteiger partial charge in [0, 0.05) is 121 Å². The number of ether oxygens (including phenoxy) is 2. The van der Waals surface area contributed by atoms with Crippen LogP contribution in [0, 0.1) is 11.8 Å². The average molecular weight is 855 g/mol. The Balaban J connectivity index is 0.000000161. The molecule has 6 aromatic heterocycles. The molecule has 10 heterocycles. The first kappa shape index (κ1) is 41.6. The summed E-state index contributed by atoms with van der Waals surface area (Å²) in [5.41, 5.74) is 7.52. The second kappa shape index (κ2) is 18.3. The summed E-state index contributed by atoms with van der Waals surface area (Å²) in [5.74, 6) is 2.08. The van der Waals surface area contributed by atoms with Crippen LogP contribution in [0.25, 0.3) is 33.5 Å². The number of hydrogen-bond acceptors (Lipinski definition) is 12. The standard InChI is InChI=1S/C24H28N6O3.C22H26N6O2/c1-16(18-12-24(32)26-13-18)33-23-11-19(15-30-22(23)5-6-27-30)21-4-3-20(14-25-21)29-9-7-28(8-10-29)17(2)31;1-15(16-11-22(29)25-12-16)30-21-10-17(14-28-20(21)4-5-26-28)19-3-2-18(13-24-19)27-8-6-23-7-9-27/h3-6,11,14-16,18H,7-10,12-13H2,1-2H3,(H,26,32);2-5,10,13-16,23H,6-9,11-12H2,1H3,(H,25,29)/t16-,18-;15-,16-/m11/s1. The summed E-state index contributed by atoms with van der Waals surface area (Å²) in [5, 5.41) is 17.9. The minimum atomic E-state index is -0.109. The summed E-state index contributed by atoms with van der Waals surface area (Å²) < 4.78 is 16.2. The predicted molar refractivity (Wildman–Crippen MR) is 239 cm³/mol. The van der Waals surface area contributed by atoms with E-state index in [2.05, 4.69) is 54.1 Å². The lowest BCUT2D eigenvalue weighted by Gasteiger charge is -2.35. The van der Waals surface area contributed by atoms with Gasteiger partial charge in [0.05, 0.1) is 47.6 Å². The van der Waals surface area contributed by atoms with Crippen molar-refractivity contribution in [2.45, 2.75) is 45.8 Å². The Hall–Kier alpha value is -6.75. The van der Waals surface area contributed by atoms with Gasteiger partial charge in [-0.1, -0.05) is 0 Å². The molecule has 0 bridgehead atoms. The van der Waals surface area contributed by atoms with Gasteiger partial charge in [-0.2, -0.15) is 10.2 Å². The second-order valence-electron chi connectivity index (χ2n) is 16.7. The fraction of sp³-hybridized carbons (Fsp3) is 0.413. The number of nitrogens with zero attached hydrogens (tertiary/aromatic N) is 9. The van der Waals surface area contributed by atoms with Gasteiger partial charge in [0.1, 0.15) is 34.7 Å². The summed E-state index contributed by atoms with van der Waals surface area (Å²) in [4.78, 5) is 50.6. The van der Waals surface area contributed by atoms with Gasteiger partial charge >= 0.3 is 0 Å². The van der Waals surface area contributed by atoms with Crippen LogP contribution < -0.4 is 35.2 Å². The van der Waals surface area contributed by atoms with Crippen LogP contribution in [0.1, 0.15) is 33.6 Å². The highest BCUT2D eigenvalue weighted by molar-refractivity contribution is 5.79. The van der Waals surface area contributed by atoms with Gasteiger partial charge in [0.2, 0.25) is 17.7 Å². The van der Waals surface area contributed by atoms with E-state index < -0.39 is 0 Å². The quantitative estimate of drug-likeness (QED) is 0.183. The molecule has 6 aromatic rings. The number of carbonyl (C=O) groups excluding carboxylic acids is 3. The van der Waals surface area contributed by atoms with Crippen molar-refractivity contribution >= 4 is 40.1 Å². The maximum atomic E-state index is 11.6. The number of amides is 3. The van der Waals surface area contributed by atoms with E-state index in [1.807, 2.05) is 78.4 Å². The molecule has 0 aromatic carbocycles. The minimum Gasteiger partial charge on any atom is -0.488 e. The number of hydrogen-bond donors (Lipinski definition) is 3. The molecule has 0 aliphatic carbocycles. The van der Waals surface area contributed by atoms with Crippen molar-refractivity contribution in [1.82, 2.24) is 50.0 Å². The van der Waals surface area contributed by atoms with Gasteiger partial charge in [0.15, 0.2) is 0 Å². The number of rotatable bonds is 10. The number of anilines is 2. The maximum absolute atomic E-state index is 11.6. The van der Waals surface area contributed by atoms with Gasteiger partial charge < -0.3 is 40.1 Å². The second-order valence-corrected chi connectivity index (χ2v) is 16.7. The predicted octanol–water partition coefficient (Wildman–Crippen LogP) is 3.68. The minimum absolute atomic E-state index is 0.0747. The van der Waals surface area contributed by atoms with Crippen LogP contribution in [-0.2, 0) is 14.4 Å². The van der Waals surface area contributed by atoms with Crippen molar-refractivity contribution in [3.05, 3.63) is 85.7 Å². The molecular formula is C46H54N12O5. The summed E-state index contributed by atoms with van der Waals surface area (Å²) in [6, 6.07) is 16.1. The van der Waals surface area contributed by atoms with Crippen molar-refractivity contribution in [3.8, 4) is 34.0 Å². The third-order valence-corrected chi connectivity index (χ3v) is 12.6. The average Bonchev–Trinajstić information content (AvgIpc) is 4.16. The van der Waals surface area contributed by atoms with Gasteiger partial charge in [0.25, 0.3) is 0 Å². The van der Waals surface area contributed by atoms with Crippen LogP contribution >= 0.6 is 0 Å². The molecule has 3 N–H and O–H groups in total. The van der Waals surface area contributed by atoms with E-state index in [9.17, 15) is 14.4 Å². The van der Waals surface area contributed by atoms with Gasteiger partial charge in [-0.25, -0.2) is 9.03 Å². The molecule has 328 valence electrons. The fourth-order valence-electron chi connectivity index (χ4n) is 8.66. The van der Waals surface area contributed by atoms with Crippen LogP contribution in [0.15, 0.2) is 85.7 Å². The smallest absolute Gasteiger partial charge is 0.220 e. The topological polar surface area (TPSA) is 176 Å². The summed E-state index contributed by atoms with van der Waals surface area (Å²) in [6.45, 7) is 14.0. The molecule has 17 heteroatoms. The third kappa shape index (κ3) is 9.38. The Kier molecular flexibility index (Phi) is 12.1. The Bertz CT molecular complexity index is 2560. The van der Waals surface area contributed by atoms with Crippen molar-refractivity contribution < 1.29 is 23.9 Å². The third-order valence-electron chi connectivity index (χ3n) is 12.6. The first-order chi connectivity index (χ1) is 30.6. The highest BCUT2D eigenvalue weighted by Gasteiger charge is 2.30. The Morgan fingerprint density at radius 2 is 1.14 bits per heavy atom. The first-order valence-corrected chi connectivity index (χ1v) is 21.9. The molecule has 4 atom stereocenters. The van der Waals surface area contributed by atoms with E-state index in [1.54, 1.807) is 23.8 Å². The van der Waals surface area contributed by atoms with E-state index in [0.29, 0.717) is 25.9 Å². The number of aromatic nitrogens is 6. The molecule has 17 nitrogen and oxygen atoms in total. The summed E-state index contributed by atoms with van der Waals surface area (Å²) in [6.07, 6.45) is 12.0. The monoisotopic (exact) mass is 854 g/mol. The number of piperazine rings is 2. The maximum Gasteiger partial charge on any atom is 0.220 e. The molecule has 0 saturated carbocycles. The summed E-state index contributed by atoms with van der Waals surface area (Å²) >= 11 is 0. The van der Waals surface area contributed by atoms with Gasteiger partial charge in [-0.15, -0.1) is 0 Å². The van der Waals surface area contributed by atoms with E-state index >= 15 is 0 Å². The molecule has 3 amide bonds. The number of nitrogens with one attached hydrogen (secondary N) is 3. The molecular weight excluding hydrogens is 801 g/mol. The fourth-order valence-corrected chi connectivity index (χ4v) is 8.66. The molecule has 0 radical (unpaired) electrons.